The summed E-state index contributed by atoms with van der Waals surface area (Å²) in [6.07, 6.45) is 2.30. The first-order chi connectivity index (χ1) is 11.7. The fourth-order valence-electron chi connectivity index (χ4n) is 2.80. The van der Waals surface area contributed by atoms with Crippen LogP contribution < -0.4 is 14.8 Å². The van der Waals surface area contributed by atoms with Crippen molar-refractivity contribution in [1.82, 2.24) is 14.9 Å². The zero-order chi connectivity index (χ0) is 16.9. The van der Waals surface area contributed by atoms with Crippen LogP contribution in [-0.4, -0.2) is 48.2 Å². The van der Waals surface area contributed by atoms with Crippen LogP contribution in [0.15, 0.2) is 36.7 Å². The fourth-order valence-corrected chi connectivity index (χ4v) is 2.80. The van der Waals surface area contributed by atoms with Gasteiger partial charge in [-0.25, -0.2) is 14.8 Å². The van der Waals surface area contributed by atoms with Gasteiger partial charge in [0.25, 0.3) is 0 Å². The Balaban J connectivity index is 1.60. The SMILES string of the molecule is COc1ccc(C2CCN(C(=O)Nc3cc(OC)ncn3)C2)cc1. The van der Waals surface area contributed by atoms with E-state index in [0.717, 1.165) is 12.2 Å². The predicted molar refractivity (Wildman–Crippen MR) is 89.5 cm³/mol. The maximum atomic E-state index is 12.4. The molecule has 0 radical (unpaired) electrons. The minimum atomic E-state index is -0.160. The number of anilines is 1. The van der Waals surface area contributed by atoms with Crippen LogP contribution in [0.1, 0.15) is 17.9 Å². The van der Waals surface area contributed by atoms with Gasteiger partial charge in [0.2, 0.25) is 5.88 Å². The molecule has 3 rings (SSSR count). The van der Waals surface area contributed by atoms with Gasteiger partial charge in [-0.05, 0) is 24.1 Å². The monoisotopic (exact) mass is 328 g/mol. The minimum Gasteiger partial charge on any atom is -0.497 e. The first kappa shape index (κ1) is 16.0. The van der Waals surface area contributed by atoms with E-state index in [9.17, 15) is 4.79 Å². The van der Waals surface area contributed by atoms with E-state index in [-0.39, 0.29) is 6.03 Å². The largest absolute Gasteiger partial charge is 0.497 e. The molecule has 1 aromatic heterocycles. The molecule has 126 valence electrons. The van der Waals surface area contributed by atoms with E-state index >= 15 is 0 Å². The van der Waals surface area contributed by atoms with Crippen LogP contribution in [-0.2, 0) is 0 Å². The van der Waals surface area contributed by atoms with Crippen molar-refractivity contribution in [3.05, 3.63) is 42.2 Å². The molecule has 1 aromatic carbocycles. The number of carbonyl (C=O) groups excluding carboxylic acids is 1. The standard InChI is InChI=1S/C17H20N4O3/c1-23-14-5-3-12(4-6-14)13-7-8-21(10-13)17(22)20-15-9-16(24-2)19-11-18-15/h3-6,9,11,13H,7-8,10H2,1-2H3,(H,18,19,20,22). The van der Waals surface area contributed by atoms with Crippen LogP contribution in [0, 0.1) is 0 Å². The van der Waals surface area contributed by atoms with E-state index in [0.29, 0.717) is 30.7 Å². The van der Waals surface area contributed by atoms with E-state index in [4.69, 9.17) is 9.47 Å². The van der Waals surface area contributed by atoms with Crippen LogP contribution in [0.2, 0.25) is 0 Å². The Bertz CT molecular complexity index is 705. The van der Waals surface area contributed by atoms with Gasteiger partial charge in [0, 0.05) is 25.1 Å². The molecule has 0 bridgehead atoms. The lowest BCUT2D eigenvalue weighted by Gasteiger charge is -2.17. The maximum Gasteiger partial charge on any atom is 0.323 e. The van der Waals surface area contributed by atoms with Crippen molar-refractivity contribution in [2.24, 2.45) is 0 Å². The Morgan fingerprint density at radius 2 is 2.00 bits per heavy atom. The second-order valence-electron chi connectivity index (χ2n) is 5.58. The lowest BCUT2D eigenvalue weighted by atomic mass is 9.98. The number of nitrogens with zero attached hydrogens (tertiary/aromatic N) is 3. The number of aromatic nitrogens is 2. The molecule has 2 amide bonds. The van der Waals surface area contributed by atoms with Crippen LogP contribution >= 0.6 is 0 Å². The number of likely N-dealkylation sites (tertiary alicyclic amines) is 1. The summed E-state index contributed by atoms with van der Waals surface area (Å²) in [6.45, 7) is 1.39. The third-order valence-corrected chi connectivity index (χ3v) is 4.15. The summed E-state index contributed by atoms with van der Waals surface area (Å²) in [4.78, 5) is 22.1. The Morgan fingerprint density at radius 3 is 2.71 bits per heavy atom. The lowest BCUT2D eigenvalue weighted by Crippen LogP contribution is -2.33. The van der Waals surface area contributed by atoms with Crippen molar-refractivity contribution in [3.63, 3.8) is 0 Å². The molecule has 1 unspecified atom stereocenters. The highest BCUT2D eigenvalue weighted by atomic mass is 16.5. The number of benzene rings is 1. The van der Waals surface area contributed by atoms with Gasteiger partial charge in [-0.1, -0.05) is 12.1 Å². The number of ether oxygens (including phenoxy) is 2. The van der Waals surface area contributed by atoms with Crippen molar-refractivity contribution < 1.29 is 14.3 Å². The molecule has 1 N–H and O–H groups in total. The highest BCUT2D eigenvalue weighted by Crippen LogP contribution is 2.28. The number of hydrogen-bond acceptors (Lipinski definition) is 5. The molecule has 1 atom stereocenters. The topological polar surface area (TPSA) is 76.6 Å². The second kappa shape index (κ2) is 7.16. The van der Waals surface area contributed by atoms with E-state index in [1.807, 2.05) is 12.1 Å². The predicted octanol–water partition coefficient (Wildman–Crippen LogP) is 2.52. The number of carbonyl (C=O) groups is 1. The summed E-state index contributed by atoms with van der Waals surface area (Å²) >= 11 is 0. The lowest BCUT2D eigenvalue weighted by molar-refractivity contribution is 0.222. The second-order valence-corrected chi connectivity index (χ2v) is 5.58. The summed E-state index contributed by atoms with van der Waals surface area (Å²) in [6, 6.07) is 9.44. The minimum absolute atomic E-state index is 0.160. The quantitative estimate of drug-likeness (QED) is 0.933. The highest BCUT2D eigenvalue weighted by molar-refractivity contribution is 5.88. The third kappa shape index (κ3) is 3.56. The van der Waals surface area contributed by atoms with Crippen molar-refractivity contribution in [2.45, 2.75) is 12.3 Å². The van der Waals surface area contributed by atoms with Crippen molar-refractivity contribution in [2.75, 3.05) is 32.6 Å². The molecule has 0 saturated carbocycles. The van der Waals surface area contributed by atoms with E-state index < -0.39 is 0 Å². The van der Waals surface area contributed by atoms with Gasteiger partial charge in [-0.2, -0.15) is 0 Å². The molecular weight excluding hydrogens is 308 g/mol. The number of rotatable bonds is 4. The molecule has 1 aliphatic heterocycles. The van der Waals surface area contributed by atoms with Gasteiger partial charge < -0.3 is 14.4 Å². The van der Waals surface area contributed by atoms with Crippen LogP contribution in [0.5, 0.6) is 11.6 Å². The molecule has 7 heteroatoms. The molecular formula is C17H20N4O3. The van der Waals surface area contributed by atoms with Crippen LogP contribution in [0.3, 0.4) is 0 Å². The summed E-state index contributed by atoms with van der Waals surface area (Å²) < 4.78 is 10.2. The first-order valence-electron chi connectivity index (χ1n) is 7.75. The molecule has 1 saturated heterocycles. The Morgan fingerprint density at radius 1 is 1.21 bits per heavy atom. The Hall–Kier alpha value is -2.83. The average Bonchev–Trinajstić information content (AvgIpc) is 3.12. The number of amides is 2. The van der Waals surface area contributed by atoms with Crippen molar-refractivity contribution in [3.8, 4) is 11.6 Å². The van der Waals surface area contributed by atoms with Crippen LogP contribution in [0.25, 0.3) is 0 Å². The van der Waals surface area contributed by atoms with Crippen LogP contribution in [0.4, 0.5) is 10.6 Å². The van der Waals surface area contributed by atoms with Gasteiger partial charge in [0.05, 0.1) is 14.2 Å². The number of methoxy groups -OCH3 is 2. The van der Waals surface area contributed by atoms with Gasteiger partial charge >= 0.3 is 6.03 Å². The molecule has 1 aliphatic rings. The first-order valence-corrected chi connectivity index (χ1v) is 7.75. The zero-order valence-electron chi connectivity index (χ0n) is 13.7. The number of nitrogens with one attached hydrogen (secondary N) is 1. The smallest absolute Gasteiger partial charge is 0.323 e. The normalized spacial score (nSPS) is 16.8. The van der Waals surface area contributed by atoms with E-state index in [2.05, 4.69) is 27.4 Å². The molecule has 0 spiro atoms. The molecule has 1 fully saturated rings. The van der Waals surface area contributed by atoms with E-state index in [1.165, 1.54) is 19.0 Å². The highest BCUT2D eigenvalue weighted by Gasteiger charge is 2.27. The summed E-state index contributed by atoms with van der Waals surface area (Å²) in [5.41, 5.74) is 1.22. The van der Waals surface area contributed by atoms with Gasteiger partial charge in [0.15, 0.2) is 0 Å². The van der Waals surface area contributed by atoms with Gasteiger partial charge in [-0.15, -0.1) is 0 Å². The molecule has 24 heavy (non-hydrogen) atoms. The molecule has 0 aliphatic carbocycles. The number of urea groups is 1. The summed E-state index contributed by atoms with van der Waals surface area (Å²) in [5.74, 6) is 2.02. The fraction of sp³-hybridized carbons (Fsp3) is 0.353. The third-order valence-electron chi connectivity index (χ3n) is 4.15. The molecule has 2 aromatic rings. The van der Waals surface area contributed by atoms with Gasteiger partial charge in [0.1, 0.15) is 17.9 Å². The number of hydrogen-bond donors (Lipinski definition) is 1. The summed E-state index contributed by atoms with van der Waals surface area (Å²) in [5, 5.41) is 2.78. The zero-order valence-corrected chi connectivity index (χ0v) is 13.7. The Labute approximate surface area is 140 Å². The molecule has 2 heterocycles. The van der Waals surface area contributed by atoms with Crippen molar-refractivity contribution in [1.29, 1.82) is 0 Å². The summed E-state index contributed by atoms with van der Waals surface area (Å²) in [7, 11) is 3.17. The Kier molecular flexibility index (Phi) is 4.79. The molecule has 7 nitrogen and oxygen atoms in total. The van der Waals surface area contributed by atoms with E-state index in [1.54, 1.807) is 18.1 Å². The van der Waals surface area contributed by atoms with Gasteiger partial charge in [-0.3, -0.25) is 5.32 Å². The average molecular weight is 328 g/mol. The maximum absolute atomic E-state index is 12.4. The van der Waals surface area contributed by atoms with Crippen molar-refractivity contribution >= 4 is 11.8 Å².